The number of hydrogen-bond acceptors (Lipinski definition) is 3. The third kappa shape index (κ3) is 3.16. The fraction of sp³-hybridized carbons (Fsp3) is 0.167. The van der Waals surface area contributed by atoms with E-state index in [4.69, 9.17) is 21.1 Å². The second-order valence-corrected chi connectivity index (χ2v) is 5.67. The summed E-state index contributed by atoms with van der Waals surface area (Å²) < 4.78 is 12.4. The second-order valence-electron chi connectivity index (χ2n) is 5.23. The van der Waals surface area contributed by atoms with Gasteiger partial charge in [-0.15, -0.1) is 0 Å². The molecular formula is C18H17ClN2O3. The highest BCUT2D eigenvalue weighted by atomic mass is 35.5. The number of methoxy groups -OCH3 is 2. The zero-order valence-corrected chi connectivity index (χ0v) is 14.1. The van der Waals surface area contributed by atoms with Crippen LogP contribution in [-0.4, -0.2) is 24.7 Å². The normalized spacial score (nSPS) is 10.6. The summed E-state index contributed by atoms with van der Waals surface area (Å²) in [7, 11) is 3.18. The summed E-state index contributed by atoms with van der Waals surface area (Å²) in [5.74, 6) is 1.17. The molecule has 6 heteroatoms. The standard InChI is InChI=1S/C18H17ClN2O3/c1-23-16-5-3-4-15-13(16)8-9-21(15)11-18(22)20-14-10-12(19)6-7-17(14)24-2/h3-10H,11H2,1-2H3,(H,20,22). The highest BCUT2D eigenvalue weighted by Gasteiger charge is 2.11. The van der Waals surface area contributed by atoms with E-state index in [0.717, 1.165) is 16.7 Å². The Kier molecular flexibility index (Phi) is 4.62. The molecule has 1 heterocycles. The van der Waals surface area contributed by atoms with E-state index in [1.54, 1.807) is 32.4 Å². The van der Waals surface area contributed by atoms with Crippen LogP contribution >= 0.6 is 11.6 Å². The first-order valence-corrected chi connectivity index (χ1v) is 7.75. The van der Waals surface area contributed by atoms with Crippen LogP contribution in [0.1, 0.15) is 0 Å². The number of nitrogens with one attached hydrogen (secondary N) is 1. The number of ether oxygens (including phenoxy) is 2. The number of aromatic nitrogens is 1. The highest BCUT2D eigenvalue weighted by Crippen LogP contribution is 2.28. The third-order valence-electron chi connectivity index (χ3n) is 3.74. The number of benzene rings is 2. The molecule has 124 valence electrons. The van der Waals surface area contributed by atoms with Gasteiger partial charge in [0.2, 0.25) is 5.91 Å². The monoisotopic (exact) mass is 344 g/mol. The van der Waals surface area contributed by atoms with Crippen LogP contribution in [0.15, 0.2) is 48.7 Å². The van der Waals surface area contributed by atoms with E-state index in [-0.39, 0.29) is 12.5 Å². The molecule has 0 aliphatic heterocycles. The Morgan fingerprint density at radius 3 is 2.67 bits per heavy atom. The highest BCUT2D eigenvalue weighted by molar-refractivity contribution is 6.31. The molecule has 3 rings (SSSR count). The molecule has 1 amide bonds. The van der Waals surface area contributed by atoms with E-state index in [1.165, 1.54) is 0 Å². The number of nitrogens with zero attached hydrogens (tertiary/aromatic N) is 1. The summed E-state index contributed by atoms with van der Waals surface area (Å²) in [6.45, 7) is 0.173. The lowest BCUT2D eigenvalue weighted by Crippen LogP contribution is -2.18. The van der Waals surface area contributed by atoms with Gasteiger partial charge in [-0.05, 0) is 36.4 Å². The third-order valence-corrected chi connectivity index (χ3v) is 3.98. The van der Waals surface area contributed by atoms with Gasteiger partial charge >= 0.3 is 0 Å². The van der Waals surface area contributed by atoms with Crippen molar-refractivity contribution < 1.29 is 14.3 Å². The van der Waals surface area contributed by atoms with Gasteiger partial charge in [-0.2, -0.15) is 0 Å². The van der Waals surface area contributed by atoms with Crippen molar-refractivity contribution in [3.63, 3.8) is 0 Å². The molecule has 1 N–H and O–H groups in total. The van der Waals surface area contributed by atoms with Crippen LogP contribution in [0.4, 0.5) is 5.69 Å². The van der Waals surface area contributed by atoms with Gasteiger partial charge in [-0.1, -0.05) is 17.7 Å². The number of carbonyl (C=O) groups excluding carboxylic acids is 1. The van der Waals surface area contributed by atoms with Crippen LogP contribution in [0.2, 0.25) is 5.02 Å². The number of carbonyl (C=O) groups is 1. The van der Waals surface area contributed by atoms with Gasteiger partial charge in [0, 0.05) is 16.6 Å². The van der Waals surface area contributed by atoms with Crippen LogP contribution in [-0.2, 0) is 11.3 Å². The van der Waals surface area contributed by atoms with E-state index in [2.05, 4.69) is 5.32 Å². The van der Waals surface area contributed by atoms with Gasteiger partial charge < -0.3 is 19.4 Å². The number of hydrogen-bond donors (Lipinski definition) is 1. The SMILES string of the molecule is COc1ccc(Cl)cc1NC(=O)Cn1ccc2c(OC)cccc21. The average Bonchev–Trinajstić information content (AvgIpc) is 2.98. The van der Waals surface area contributed by atoms with Crippen molar-refractivity contribution in [1.82, 2.24) is 4.57 Å². The molecular weight excluding hydrogens is 328 g/mol. The minimum absolute atomic E-state index is 0.170. The Labute approximate surface area is 144 Å². The minimum Gasteiger partial charge on any atom is -0.496 e. The number of fused-ring (bicyclic) bond motifs is 1. The molecule has 0 unspecified atom stereocenters. The van der Waals surface area contributed by atoms with Gasteiger partial charge in [-0.3, -0.25) is 4.79 Å². The van der Waals surface area contributed by atoms with Crippen molar-refractivity contribution in [2.24, 2.45) is 0 Å². The van der Waals surface area contributed by atoms with Crippen molar-refractivity contribution >= 4 is 34.1 Å². The maximum absolute atomic E-state index is 12.4. The molecule has 0 saturated carbocycles. The first-order chi connectivity index (χ1) is 11.6. The van der Waals surface area contributed by atoms with Gasteiger partial charge in [0.25, 0.3) is 0 Å². The average molecular weight is 345 g/mol. The van der Waals surface area contributed by atoms with Crippen molar-refractivity contribution in [3.05, 3.63) is 53.7 Å². The summed E-state index contributed by atoms with van der Waals surface area (Å²) in [5, 5.41) is 4.33. The van der Waals surface area contributed by atoms with Crippen molar-refractivity contribution in [3.8, 4) is 11.5 Å². The minimum atomic E-state index is -0.170. The maximum Gasteiger partial charge on any atom is 0.244 e. The molecule has 0 aliphatic rings. The first-order valence-electron chi connectivity index (χ1n) is 7.37. The largest absolute Gasteiger partial charge is 0.496 e. The smallest absolute Gasteiger partial charge is 0.244 e. The van der Waals surface area contributed by atoms with E-state index in [0.29, 0.717) is 16.5 Å². The van der Waals surface area contributed by atoms with Crippen LogP contribution in [0.5, 0.6) is 11.5 Å². The molecule has 0 radical (unpaired) electrons. The molecule has 0 aliphatic carbocycles. The summed E-state index contributed by atoms with van der Waals surface area (Å²) in [5.41, 5.74) is 1.48. The molecule has 24 heavy (non-hydrogen) atoms. The van der Waals surface area contributed by atoms with E-state index < -0.39 is 0 Å². The van der Waals surface area contributed by atoms with E-state index >= 15 is 0 Å². The zero-order valence-electron chi connectivity index (χ0n) is 13.4. The van der Waals surface area contributed by atoms with Crippen LogP contribution < -0.4 is 14.8 Å². The van der Waals surface area contributed by atoms with Crippen LogP contribution in [0.25, 0.3) is 10.9 Å². The van der Waals surface area contributed by atoms with Crippen molar-refractivity contribution in [2.75, 3.05) is 19.5 Å². The Bertz CT molecular complexity index is 889. The van der Waals surface area contributed by atoms with Gasteiger partial charge in [0.05, 0.1) is 25.4 Å². The lowest BCUT2D eigenvalue weighted by atomic mass is 10.2. The predicted octanol–water partition coefficient (Wildman–Crippen LogP) is 3.95. The van der Waals surface area contributed by atoms with E-state index in [1.807, 2.05) is 35.0 Å². The Morgan fingerprint density at radius 1 is 1.12 bits per heavy atom. The van der Waals surface area contributed by atoms with Crippen molar-refractivity contribution in [1.29, 1.82) is 0 Å². The number of halogens is 1. The van der Waals surface area contributed by atoms with Gasteiger partial charge in [0.1, 0.15) is 18.0 Å². The molecule has 0 fully saturated rings. The van der Waals surface area contributed by atoms with Gasteiger partial charge in [-0.25, -0.2) is 0 Å². The molecule has 3 aromatic rings. The molecule has 1 aromatic heterocycles. The Hall–Kier alpha value is -2.66. The topological polar surface area (TPSA) is 52.5 Å². The Morgan fingerprint density at radius 2 is 1.92 bits per heavy atom. The summed E-state index contributed by atoms with van der Waals surface area (Å²) in [4.78, 5) is 12.4. The van der Waals surface area contributed by atoms with E-state index in [9.17, 15) is 4.79 Å². The molecule has 0 spiro atoms. The summed E-state index contributed by atoms with van der Waals surface area (Å²) >= 11 is 5.99. The Balaban J connectivity index is 1.82. The fourth-order valence-corrected chi connectivity index (χ4v) is 2.81. The zero-order chi connectivity index (χ0) is 17.1. The second kappa shape index (κ2) is 6.84. The fourth-order valence-electron chi connectivity index (χ4n) is 2.63. The summed E-state index contributed by atoms with van der Waals surface area (Å²) in [6.07, 6.45) is 1.86. The molecule has 2 aromatic carbocycles. The number of anilines is 1. The summed E-state index contributed by atoms with van der Waals surface area (Å²) in [6, 6.07) is 12.8. The maximum atomic E-state index is 12.4. The number of rotatable bonds is 5. The first kappa shape index (κ1) is 16.2. The van der Waals surface area contributed by atoms with Gasteiger partial charge in [0.15, 0.2) is 0 Å². The number of amides is 1. The predicted molar refractivity (Wildman–Crippen MR) is 95.1 cm³/mol. The van der Waals surface area contributed by atoms with Crippen LogP contribution in [0, 0.1) is 0 Å². The lowest BCUT2D eigenvalue weighted by Gasteiger charge is -2.11. The molecule has 0 atom stereocenters. The molecule has 0 bridgehead atoms. The molecule has 5 nitrogen and oxygen atoms in total. The quantitative estimate of drug-likeness (QED) is 0.762. The molecule has 0 saturated heterocycles. The van der Waals surface area contributed by atoms with Crippen molar-refractivity contribution in [2.45, 2.75) is 6.54 Å². The lowest BCUT2D eigenvalue weighted by molar-refractivity contribution is -0.116. The van der Waals surface area contributed by atoms with Crippen LogP contribution in [0.3, 0.4) is 0 Å².